The van der Waals surface area contributed by atoms with Crippen molar-refractivity contribution in [2.24, 2.45) is 0 Å². The van der Waals surface area contributed by atoms with Crippen molar-refractivity contribution in [1.82, 2.24) is 9.88 Å². The molecule has 4 heteroatoms. The summed E-state index contributed by atoms with van der Waals surface area (Å²) in [5.41, 5.74) is 1.29. The Morgan fingerprint density at radius 1 is 1.50 bits per heavy atom. The lowest BCUT2D eigenvalue weighted by Gasteiger charge is -2.37. The zero-order chi connectivity index (χ0) is 11.5. The maximum Gasteiger partial charge on any atom is 0.0410 e. The number of aromatic nitrogens is 1. The van der Waals surface area contributed by atoms with Gasteiger partial charge in [-0.05, 0) is 34.5 Å². The first-order valence-electron chi connectivity index (χ1n) is 5.62. The van der Waals surface area contributed by atoms with Crippen LogP contribution in [0.5, 0.6) is 0 Å². The molecule has 16 heavy (non-hydrogen) atoms. The van der Waals surface area contributed by atoms with Gasteiger partial charge >= 0.3 is 0 Å². The van der Waals surface area contributed by atoms with E-state index in [0.717, 1.165) is 16.3 Å². The predicted octanol–water partition coefficient (Wildman–Crippen LogP) is 3.17. The molecule has 0 radical (unpaired) electrons. The Morgan fingerprint density at radius 3 is 3.06 bits per heavy atom. The molecule has 0 bridgehead atoms. The van der Waals surface area contributed by atoms with Gasteiger partial charge < -0.3 is 0 Å². The minimum atomic E-state index is 0.651. The Labute approximate surface area is 110 Å². The van der Waals surface area contributed by atoms with Crippen LogP contribution in [0, 0.1) is 0 Å². The molecule has 1 aromatic rings. The lowest BCUT2D eigenvalue weighted by Crippen LogP contribution is -2.43. The van der Waals surface area contributed by atoms with Gasteiger partial charge in [-0.25, -0.2) is 0 Å². The average molecular weight is 301 g/mol. The van der Waals surface area contributed by atoms with Crippen LogP contribution in [0.4, 0.5) is 0 Å². The smallest absolute Gasteiger partial charge is 0.0410 e. The number of halogens is 1. The van der Waals surface area contributed by atoms with E-state index >= 15 is 0 Å². The summed E-state index contributed by atoms with van der Waals surface area (Å²) in [4.78, 5) is 6.76. The summed E-state index contributed by atoms with van der Waals surface area (Å²) in [5.74, 6) is 1.24. The van der Waals surface area contributed by atoms with Crippen molar-refractivity contribution < 1.29 is 0 Å². The third kappa shape index (κ3) is 2.99. The van der Waals surface area contributed by atoms with E-state index in [2.05, 4.69) is 57.5 Å². The van der Waals surface area contributed by atoms with Crippen LogP contribution in [0.25, 0.3) is 0 Å². The Hall–Kier alpha value is -0.0600. The molecule has 2 unspecified atom stereocenters. The van der Waals surface area contributed by atoms with Crippen molar-refractivity contribution in [2.75, 3.05) is 12.3 Å². The monoisotopic (exact) mass is 300 g/mol. The Kier molecular flexibility index (Phi) is 4.27. The van der Waals surface area contributed by atoms with Crippen LogP contribution in [-0.4, -0.2) is 33.5 Å². The number of hydrogen-bond donors (Lipinski definition) is 0. The Bertz CT molecular complexity index is 359. The third-order valence-corrected chi connectivity index (χ3v) is 4.93. The standard InChI is InChI=1S/C12H17BrN2S/c1-9-10(2)16-4-3-15(9)8-11-5-12(13)7-14-6-11/h5-7,9-10H,3-4,8H2,1-2H3. The lowest BCUT2D eigenvalue weighted by atomic mass is 10.1. The Morgan fingerprint density at radius 2 is 2.31 bits per heavy atom. The molecule has 0 spiro atoms. The van der Waals surface area contributed by atoms with Crippen molar-refractivity contribution >= 4 is 27.7 Å². The van der Waals surface area contributed by atoms with E-state index in [9.17, 15) is 0 Å². The quantitative estimate of drug-likeness (QED) is 0.835. The minimum absolute atomic E-state index is 0.651. The lowest BCUT2D eigenvalue weighted by molar-refractivity contribution is 0.204. The number of thioether (sulfide) groups is 1. The van der Waals surface area contributed by atoms with Crippen molar-refractivity contribution in [2.45, 2.75) is 31.7 Å². The van der Waals surface area contributed by atoms with Gasteiger partial charge in [0.1, 0.15) is 0 Å². The fraction of sp³-hybridized carbons (Fsp3) is 0.583. The highest BCUT2D eigenvalue weighted by Crippen LogP contribution is 2.25. The molecule has 1 fully saturated rings. The SMILES string of the molecule is CC1SCCN(Cc2cncc(Br)c2)C1C. The van der Waals surface area contributed by atoms with Gasteiger partial charge in [-0.15, -0.1) is 0 Å². The summed E-state index contributed by atoms with van der Waals surface area (Å²) in [6.45, 7) is 6.84. The van der Waals surface area contributed by atoms with Gasteiger partial charge in [-0.2, -0.15) is 11.8 Å². The number of nitrogens with zero attached hydrogens (tertiary/aromatic N) is 2. The molecule has 0 amide bonds. The number of pyridine rings is 1. The summed E-state index contributed by atoms with van der Waals surface area (Å²) in [6, 6.07) is 2.81. The molecule has 2 heterocycles. The molecule has 0 aromatic carbocycles. The van der Waals surface area contributed by atoms with Crippen LogP contribution in [0.15, 0.2) is 22.9 Å². The summed E-state index contributed by atoms with van der Waals surface area (Å²) < 4.78 is 1.07. The molecule has 88 valence electrons. The number of hydrogen-bond acceptors (Lipinski definition) is 3. The topological polar surface area (TPSA) is 16.1 Å². The first-order valence-corrected chi connectivity index (χ1v) is 7.46. The second-order valence-electron chi connectivity index (χ2n) is 4.30. The molecule has 2 atom stereocenters. The fourth-order valence-corrected chi connectivity index (χ4v) is 3.57. The summed E-state index contributed by atoms with van der Waals surface area (Å²) in [6.07, 6.45) is 3.80. The van der Waals surface area contributed by atoms with Crippen molar-refractivity contribution in [1.29, 1.82) is 0 Å². The predicted molar refractivity (Wildman–Crippen MR) is 73.7 cm³/mol. The van der Waals surface area contributed by atoms with Crippen LogP contribution in [-0.2, 0) is 6.54 Å². The second-order valence-corrected chi connectivity index (χ2v) is 6.70. The van der Waals surface area contributed by atoms with E-state index in [-0.39, 0.29) is 0 Å². The molecule has 2 nitrogen and oxygen atoms in total. The van der Waals surface area contributed by atoms with Crippen molar-refractivity contribution in [3.63, 3.8) is 0 Å². The van der Waals surface area contributed by atoms with Gasteiger partial charge in [-0.1, -0.05) is 6.92 Å². The Balaban J connectivity index is 2.03. The van der Waals surface area contributed by atoms with Crippen LogP contribution in [0.1, 0.15) is 19.4 Å². The average Bonchev–Trinajstić information content (AvgIpc) is 2.25. The molecule has 1 aromatic heterocycles. The normalized spacial score (nSPS) is 26.9. The maximum atomic E-state index is 4.22. The molecule has 1 aliphatic heterocycles. The van der Waals surface area contributed by atoms with E-state index in [4.69, 9.17) is 0 Å². The van der Waals surface area contributed by atoms with E-state index in [1.54, 1.807) is 0 Å². The van der Waals surface area contributed by atoms with Crippen LogP contribution < -0.4 is 0 Å². The van der Waals surface area contributed by atoms with Gasteiger partial charge in [0.2, 0.25) is 0 Å². The molecular weight excluding hydrogens is 284 g/mol. The van der Waals surface area contributed by atoms with Gasteiger partial charge in [0, 0.05) is 47.0 Å². The van der Waals surface area contributed by atoms with Crippen LogP contribution in [0.3, 0.4) is 0 Å². The van der Waals surface area contributed by atoms with E-state index in [0.29, 0.717) is 6.04 Å². The van der Waals surface area contributed by atoms with Crippen molar-refractivity contribution in [3.05, 3.63) is 28.5 Å². The van der Waals surface area contributed by atoms with Crippen LogP contribution >= 0.6 is 27.7 Å². The fourth-order valence-electron chi connectivity index (χ4n) is 2.00. The van der Waals surface area contributed by atoms with E-state index < -0.39 is 0 Å². The molecule has 0 saturated carbocycles. The molecule has 1 saturated heterocycles. The molecule has 0 N–H and O–H groups in total. The molecule has 1 aliphatic rings. The molecule has 2 rings (SSSR count). The van der Waals surface area contributed by atoms with E-state index in [1.807, 2.05) is 12.4 Å². The van der Waals surface area contributed by atoms with Gasteiger partial charge in [0.15, 0.2) is 0 Å². The van der Waals surface area contributed by atoms with E-state index in [1.165, 1.54) is 17.9 Å². The third-order valence-electron chi connectivity index (χ3n) is 3.16. The first kappa shape index (κ1) is 12.4. The second kappa shape index (κ2) is 5.52. The van der Waals surface area contributed by atoms with Gasteiger partial charge in [0.25, 0.3) is 0 Å². The zero-order valence-electron chi connectivity index (χ0n) is 9.69. The van der Waals surface area contributed by atoms with Gasteiger partial charge in [0.05, 0.1) is 0 Å². The largest absolute Gasteiger partial charge is 0.294 e. The highest BCUT2D eigenvalue weighted by molar-refractivity contribution is 9.10. The maximum absolute atomic E-state index is 4.22. The summed E-state index contributed by atoms with van der Waals surface area (Å²) in [7, 11) is 0. The minimum Gasteiger partial charge on any atom is -0.294 e. The zero-order valence-corrected chi connectivity index (χ0v) is 12.1. The summed E-state index contributed by atoms with van der Waals surface area (Å²) in [5, 5.41) is 0.730. The van der Waals surface area contributed by atoms with Gasteiger partial charge in [-0.3, -0.25) is 9.88 Å². The first-order chi connectivity index (χ1) is 7.66. The number of rotatable bonds is 2. The highest BCUT2D eigenvalue weighted by atomic mass is 79.9. The van der Waals surface area contributed by atoms with Crippen molar-refractivity contribution in [3.8, 4) is 0 Å². The molecule has 0 aliphatic carbocycles. The molecular formula is C12H17BrN2S. The summed E-state index contributed by atoms with van der Waals surface area (Å²) >= 11 is 5.55. The highest BCUT2D eigenvalue weighted by Gasteiger charge is 2.24. The van der Waals surface area contributed by atoms with Crippen LogP contribution in [0.2, 0.25) is 0 Å².